The number of benzene rings is 1. The van der Waals surface area contributed by atoms with E-state index in [2.05, 4.69) is 4.98 Å². The molecule has 2 aromatic rings. The van der Waals surface area contributed by atoms with E-state index in [1.807, 2.05) is 18.2 Å². The predicted octanol–water partition coefficient (Wildman–Crippen LogP) is 2.07. The SMILES string of the molecule is NC(=O)c1cc2cc(OCC3CCOCC3)ccc2[nH]1. The molecule has 1 fully saturated rings. The zero-order valence-corrected chi connectivity index (χ0v) is 11.2. The number of amides is 1. The predicted molar refractivity (Wildman–Crippen MR) is 75.9 cm³/mol. The minimum atomic E-state index is -0.453. The molecule has 3 rings (SSSR count). The highest BCUT2D eigenvalue weighted by Crippen LogP contribution is 2.23. The van der Waals surface area contributed by atoms with Crippen molar-refractivity contribution in [2.75, 3.05) is 19.8 Å². The summed E-state index contributed by atoms with van der Waals surface area (Å²) < 4.78 is 11.2. The Kier molecular flexibility index (Phi) is 3.60. The summed E-state index contributed by atoms with van der Waals surface area (Å²) in [5.74, 6) is 0.928. The maximum Gasteiger partial charge on any atom is 0.265 e. The second kappa shape index (κ2) is 5.54. The molecule has 0 aliphatic carbocycles. The van der Waals surface area contributed by atoms with Crippen LogP contribution in [0.1, 0.15) is 23.3 Å². The summed E-state index contributed by atoms with van der Waals surface area (Å²) in [5, 5.41) is 0.934. The van der Waals surface area contributed by atoms with E-state index in [0.717, 1.165) is 42.7 Å². The summed E-state index contributed by atoms with van der Waals surface area (Å²) in [7, 11) is 0. The lowest BCUT2D eigenvalue weighted by Crippen LogP contribution is -2.21. The summed E-state index contributed by atoms with van der Waals surface area (Å²) in [5.41, 5.74) is 6.56. The van der Waals surface area contributed by atoms with Gasteiger partial charge in [-0.1, -0.05) is 0 Å². The Labute approximate surface area is 117 Å². The standard InChI is InChI=1S/C15H18N2O3/c16-15(18)14-8-11-7-12(1-2-13(11)17-14)20-9-10-3-5-19-6-4-10/h1-2,7-8,10,17H,3-6,9H2,(H2,16,18). The van der Waals surface area contributed by atoms with Crippen LogP contribution in [-0.4, -0.2) is 30.7 Å². The third kappa shape index (κ3) is 2.77. The Bertz CT molecular complexity index is 615. The lowest BCUT2D eigenvalue weighted by atomic mass is 10.0. The van der Waals surface area contributed by atoms with E-state index in [-0.39, 0.29) is 0 Å². The van der Waals surface area contributed by atoms with Gasteiger partial charge in [-0.05, 0) is 43.0 Å². The highest BCUT2D eigenvalue weighted by molar-refractivity contribution is 5.97. The van der Waals surface area contributed by atoms with Gasteiger partial charge in [-0.2, -0.15) is 0 Å². The third-order valence-electron chi connectivity index (χ3n) is 3.68. The Morgan fingerprint density at radius 2 is 2.15 bits per heavy atom. The monoisotopic (exact) mass is 274 g/mol. The van der Waals surface area contributed by atoms with Gasteiger partial charge in [0, 0.05) is 24.1 Å². The number of hydrogen-bond acceptors (Lipinski definition) is 3. The molecule has 0 atom stereocenters. The highest BCUT2D eigenvalue weighted by atomic mass is 16.5. The molecule has 0 unspecified atom stereocenters. The average molecular weight is 274 g/mol. The minimum absolute atomic E-state index is 0.418. The van der Waals surface area contributed by atoms with E-state index in [4.69, 9.17) is 15.2 Å². The molecule has 0 radical (unpaired) electrons. The maximum atomic E-state index is 11.1. The smallest absolute Gasteiger partial charge is 0.265 e. The van der Waals surface area contributed by atoms with Gasteiger partial charge in [0.15, 0.2) is 0 Å². The third-order valence-corrected chi connectivity index (χ3v) is 3.68. The van der Waals surface area contributed by atoms with Crippen LogP contribution in [-0.2, 0) is 4.74 Å². The van der Waals surface area contributed by atoms with Crippen LogP contribution in [0.2, 0.25) is 0 Å². The lowest BCUT2D eigenvalue weighted by Gasteiger charge is -2.22. The number of hydrogen-bond donors (Lipinski definition) is 2. The maximum absolute atomic E-state index is 11.1. The van der Waals surface area contributed by atoms with Crippen molar-refractivity contribution in [3.05, 3.63) is 30.0 Å². The summed E-state index contributed by atoms with van der Waals surface area (Å²) in [6, 6.07) is 7.49. The fourth-order valence-electron chi connectivity index (χ4n) is 2.46. The molecule has 0 spiro atoms. The summed E-state index contributed by atoms with van der Waals surface area (Å²) >= 11 is 0. The van der Waals surface area contributed by atoms with Gasteiger partial charge in [-0.25, -0.2) is 0 Å². The molecule has 1 aromatic heterocycles. The minimum Gasteiger partial charge on any atom is -0.493 e. The van der Waals surface area contributed by atoms with Gasteiger partial charge in [0.05, 0.1) is 6.61 Å². The molecule has 1 amide bonds. The number of primary amides is 1. The lowest BCUT2D eigenvalue weighted by molar-refractivity contribution is 0.0498. The first kappa shape index (κ1) is 13.0. The largest absolute Gasteiger partial charge is 0.493 e. The van der Waals surface area contributed by atoms with Crippen molar-refractivity contribution in [1.82, 2.24) is 4.98 Å². The van der Waals surface area contributed by atoms with Crippen LogP contribution in [0.5, 0.6) is 5.75 Å². The van der Waals surface area contributed by atoms with Crippen LogP contribution < -0.4 is 10.5 Å². The van der Waals surface area contributed by atoms with E-state index < -0.39 is 5.91 Å². The van der Waals surface area contributed by atoms with Gasteiger partial charge in [-0.15, -0.1) is 0 Å². The van der Waals surface area contributed by atoms with Crippen molar-refractivity contribution in [3.63, 3.8) is 0 Å². The van der Waals surface area contributed by atoms with Gasteiger partial charge in [0.25, 0.3) is 5.91 Å². The zero-order chi connectivity index (χ0) is 13.9. The van der Waals surface area contributed by atoms with Crippen LogP contribution in [0.25, 0.3) is 10.9 Å². The molecule has 1 aliphatic heterocycles. The number of carbonyl (C=O) groups excluding carboxylic acids is 1. The molecule has 5 nitrogen and oxygen atoms in total. The molecule has 20 heavy (non-hydrogen) atoms. The van der Waals surface area contributed by atoms with Gasteiger partial charge >= 0.3 is 0 Å². The molecule has 106 valence electrons. The molecule has 5 heteroatoms. The number of aromatic nitrogens is 1. The van der Waals surface area contributed by atoms with E-state index in [1.54, 1.807) is 6.07 Å². The number of rotatable bonds is 4. The molecule has 0 saturated carbocycles. The molecular formula is C15H18N2O3. The molecule has 1 saturated heterocycles. The average Bonchev–Trinajstić information content (AvgIpc) is 2.89. The number of fused-ring (bicyclic) bond motifs is 1. The molecule has 1 aromatic carbocycles. The molecule has 2 heterocycles. The topological polar surface area (TPSA) is 77.3 Å². The molecule has 0 bridgehead atoms. The fraction of sp³-hybridized carbons (Fsp3) is 0.400. The first-order valence-corrected chi connectivity index (χ1v) is 6.85. The number of H-pyrrole nitrogens is 1. The van der Waals surface area contributed by atoms with Crippen molar-refractivity contribution in [3.8, 4) is 5.75 Å². The van der Waals surface area contributed by atoms with E-state index in [1.165, 1.54) is 0 Å². The van der Waals surface area contributed by atoms with Crippen molar-refractivity contribution in [2.45, 2.75) is 12.8 Å². The number of carbonyl (C=O) groups is 1. The van der Waals surface area contributed by atoms with Crippen molar-refractivity contribution in [2.24, 2.45) is 11.7 Å². The van der Waals surface area contributed by atoms with Crippen LogP contribution in [0.15, 0.2) is 24.3 Å². The number of aromatic amines is 1. The van der Waals surface area contributed by atoms with Gasteiger partial charge < -0.3 is 20.2 Å². The fourth-order valence-corrected chi connectivity index (χ4v) is 2.46. The summed E-state index contributed by atoms with van der Waals surface area (Å²) in [6.45, 7) is 2.36. The van der Waals surface area contributed by atoms with Crippen molar-refractivity contribution < 1.29 is 14.3 Å². The normalized spacial score (nSPS) is 16.4. The van der Waals surface area contributed by atoms with Crippen LogP contribution in [0.4, 0.5) is 0 Å². The molecule has 1 aliphatic rings. The van der Waals surface area contributed by atoms with E-state index in [9.17, 15) is 4.79 Å². The number of nitrogens with two attached hydrogens (primary N) is 1. The van der Waals surface area contributed by atoms with Gasteiger partial charge in [0.1, 0.15) is 11.4 Å². The quantitative estimate of drug-likeness (QED) is 0.896. The molecule has 3 N–H and O–H groups in total. The summed E-state index contributed by atoms with van der Waals surface area (Å²) in [4.78, 5) is 14.1. The van der Waals surface area contributed by atoms with Crippen molar-refractivity contribution >= 4 is 16.8 Å². The number of ether oxygens (including phenoxy) is 2. The first-order chi connectivity index (χ1) is 9.72. The Hall–Kier alpha value is -2.01. The number of nitrogens with one attached hydrogen (secondary N) is 1. The van der Waals surface area contributed by atoms with E-state index >= 15 is 0 Å². The Morgan fingerprint density at radius 1 is 1.35 bits per heavy atom. The van der Waals surface area contributed by atoms with E-state index in [0.29, 0.717) is 18.2 Å². The first-order valence-electron chi connectivity index (χ1n) is 6.85. The Balaban J connectivity index is 1.70. The van der Waals surface area contributed by atoms with Gasteiger partial charge in [-0.3, -0.25) is 4.79 Å². The second-order valence-electron chi connectivity index (χ2n) is 5.16. The van der Waals surface area contributed by atoms with Crippen LogP contribution >= 0.6 is 0 Å². The van der Waals surface area contributed by atoms with Crippen molar-refractivity contribution in [1.29, 1.82) is 0 Å². The van der Waals surface area contributed by atoms with Crippen LogP contribution in [0, 0.1) is 5.92 Å². The highest BCUT2D eigenvalue weighted by Gasteiger charge is 2.14. The van der Waals surface area contributed by atoms with Gasteiger partial charge in [0.2, 0.25) is 0 Å². The zero-order valence-electron chi connectivity index (χ0n) is 11.2. The second-order valence-corrected chi connectivity index (χ2v) is 5.16. The summed E-state index contributed by atoms with van der Waals surface area (Å²) in [6.07, 6.45) is 2.11. The Morgan fingerprint density at radius 3 is 2.90 bits per heavy atom. The van der Waals surface area contributed by atoms with Crippen LogP contribution in [0.3, 0.4) is 0 Å². The molecular weight excluding hydrogens is 256 g/mol.